The molecular formula is C24H43N5O. The van der Waals surface area contributed by atoms with Crippen LogP contribution in [0.2, 0.25) is 0 Å². The predicted molar refractivity (Wildman–Crippen MR) is 127 cm³/mol. The third kappa shape index (κ3) is 9.45. The van der Waals surface area contributed by atoms with Crippen LogP contribution in [0.15, 0.2) is 35.3 Å². The number of nitrogens with zero attached hydrogens (tertiary/aromatic N) is 3. The van der Waals surface area contributed by atoms with Gasteiger partial charge in [0.1, 0.15) is 0 Å². The fraction of sp³-hybridized carbons (Fsp3) is 0.708. The number of ether oxygens (including phenoxy) is 1. The minimum Gasteiger partial charge on any atom is -0.385 e. The zero-order chi connectivity index (χ0) is 21.6. The molecule has 30 heavy (non-hydrogen) atoms. The molecule has 1 unspecified atom stereocenters. The van der Waals surface area contributed by atoms with E-state index in [0.717, 1.165) is 64.7 Å². The quantitative estimate of drug-likeness (QED) is 0.311. The standard InChI is InChI=1S/C24H43N5O/c1-5-25-24(27-23-13-17-29(18-14-23)16-9-19-30-4)26-15-12-21(2)28(3)20-22-10-7-6-8-11-22/h6-8,10-11,21,23H,5,9,12-20H2,1-4H3,(H2,25,26,27). The molecule has 2 rings (SSSR count). The van der Waals surface area contributed by atoms with Gasteiger partial charge in [-0.15, -0.1) is 0 Å². The molecule has 0 amide bonds. The number of nitrogens with one attached hydrogen (secondary N) is 2. The Balaban J connectivity index is 1.72. The Morgan fingerprint density at radius 2 is 2.00 bits per heavy atom. The van der Waals surface area contributed by atoms with E-state index in [1.54, 1.807) is 7.11 Å². The zero-order valence-electron chi connectivity index (χ0n) is 19.6. The lowest BCUT2D eigenvalue weighted by Gasteiger charge is -2.33. The third-order valence-electron chi connectivity index (χ3n) is 5.94. The highest BCUT2D eigenvalue weighted by Crippen LogP contribution is 2.11. The smallest absolute Gasteiger partial charge is 0.191 e. The Morgan fingerprint density at radius 1 is 1.27 bits per heavy atom. The molecule has 0 bridgehead atoms. The summed E-state index contributed by atoms with van der Waals surface area (Å²) >= 11 is 0. The highest BCUT2D eigenvalue weighted by atomic mass is 16.5. The van der Waals surface area contributed by atoms with Crippen LogP contribution < -0.4 is 10.6 Å². The molecule has 0 spiro atoms. The lowest BCUT2D eigenvalue weighted by molar-refractivity contribution is 0.155. The van der Waals surface area contributed by atoms with E-state index in [2.05, 4.69) is 71.7 Å². The van der Waals surface area contributed by atoms with E-state index in [-0.39, 0.29) is 0 Å². The van der Waals surface area contributed by atoms with Crippen LogP contribution in [0, 0.1) is 0 Å². The largest absolute Gasteiger partial charge is 0.385 e. The summed E-state index contributed by atoms with van der Waals surface area (Å²) in [7, 11) is 3.98. The molecule has 6 heteroatoms. The van der Waals surface area contributed by atoms with Crippen molar-refractivity contribution >= 4 is 5.96 Å². The molecule has 2 N–H and O–H groups in total. The second-order valence-electron chi connectivity index (χ2n) is 8.41. The number of rotatable bonds is 12. The second kappa shape index (κ2) is 14.4. The average Bonchev–Trinajstić information content (AvgIpc) is 2.76. The van der Waals surface area contributed by atoms with Gasteiger partial charge in [0.2, 0.25) is 0 Å². The van der Waals surface area contributed by atoms with Crippen LogP contribution >= 0.6 is 0 Å². The maximum absolute atomic E-state index is 5.17. The number of methoxy groups -OCH3 is 1. The first-order chi connectivity index (χ1) is 14.6. The summed E-state index contributed by atoms with van der Waals surface area (Å²) in [4.78, 5) is 9.81. The molecular weight excluding hydrogens is 374 g/mol. The predicted octanol–water partition coefficient (Wildman–Crippen LogP) is 2.95. The van der Waals surface area contributed by atoms with Crippen molar-refractivity contribution in [1.29, 1.82) is 0 Å². The van der Waals surface area contributed by atoms with E-state index < -0.39 is 0 Å². The monoisotopic (exact) mass is 417 g/mol. The first-order valence-electron chi connectivity index (χ1n) is 11.6. The average molecular weight is 418 g/mol. The van der Waals surface area contributed by atoms with Crippen molar-refractivity contribution in [2.45, 2.75) is 58.2 Å². The van der Waals surface area contributed by atoms with Crippen molar-refractivity contribution in [1.82, 2.24) is 20.4 Å². The summed E-state index contributed by atoms with van der Waals surface area (Å²) in [6.45, 7) is 11.4. The van der Waals surface area contributed by atoms with Crippen molar-refractivity contribution in [3.05, 3.63) is 35.9 Å². The lowest BCUT2D eigenvalue weighted by atomic mass is 10.1. The van der Waals surface area contributed by atoms with Crippen molar-refractivity contribution in [3.63, 3.8) is 0 Å². The van der Waals surface area contributed by atoms with E-state index in [9.17, 15) is 0 Å². The first-order valence-corrected chi connectivity index (χ1v) is 11.6. The van der Waals surface area contributed by atoms with Crippen molar-refractivity contribution in [2.75, 3.05) is 53.5 Å². The highest BCUT2D eigenvalue weighted by molar-refractivity contribution is 5.80. The van der Waals surface area contributed by atoms with Gasteiger partial charge in [-0.1, -0.05) is 30.3 Å². The molecule has 1 atom stereocenters. The molecule has 0 aliphatic carbocycles. The minimum atomic E-state index is 0.493. The van der Waals surface area contributed by atoms with Crippen molar-refractivity contribution in [3.8, 4) is 0 Å². The van der Waals surface area contributed by atoms with Gasteiger partial charge in [0.25, 0.3) is 0 Å². The minimum absolute atomic E-state index is 0.493. The topological polar surface area (TPSA) is 52.1 Å². The van der Waals surface area contributed by atoms with Crippen molar-refractivity contribution < 1.29 is 4.74 Å². The van der Waals surface area contributed by atoms with Gasteiger partial charge in [-0.3, -0.25) is 9.89 Å². The van der Waals surface area contributed by atoms with E-state index >= 15 is 0 Å². The molecule has 1 aromatic rings. The number of piperidine rings is 1. The summed E-state index contributed by atoms with van der Waals surface area (Å²) in [6.07, 6.45) is 4.52. The van der Waals surface area contributed by atoms with E-state index in [1.165, 1.54) is 18.4 Å². The first kappa shape index (κ1) is 24.6. The molecule has 170 valence electrons. The molecule has 1 aromatic carbocycles. The Morgan fingerprint density at radius 3 is 2.67 bits per heavy atom. The van der Waals surface area contributed by atoms with Gasteiger partial charge in [0.15, 0.2) is 5.96 Å². The molecule has 1 aliphatic heterocycles. The Kier molecular flexibility index (Phi) is 11.8. The van der Waals surface area contributed by atoms with Crippen LogP contribution in [-0.4, -0.2) is 81.3 Å². The molecule has 0 aromatic heterocycles. The lowest BCUT2D eigenvalue weighted by Crippen LogP contribution is -2.49. The van der Waals surface area contributed by atoms with Gasteiger partial charge in [0, 0.05) is 65.1 Å². The van der Waals surface area contributed by atoms with Crippen LogP contribution in [0.4, 0.5) is 0 Å². The Bertz CT molecular complexity index is 587. The molecule has 1 aliphatic rings. The summed E-state index contributed by atoms with van der Waals surface area (Å²) in [5, 5.41) is 7.08. The number of hydrogen-bond acceptors (Lipinski definition) is 4. The van der Waals surface area contributed by atoms with E-state index in [4.69, 9.17) is 9.73 Å². The normalized spacial score (nSPS) is 17.3. The van der Waals surface area contributed by atoms with Crippen molar-refractivity contribution in [2.24, 2.45) is 4.99 Å². The Labute approximate surface area is 184 Å². The number of aliphatic imine (C=N–C) groups is 1. The third-order valence-corrected chi connectivity index (χ3v) is 5.94. The molecule has 1 saturated heterocycles. The molecule has 1 fully saturated rings. The summed E-state index contributed by atoms with van der Waals surface area (Å²) < 4.78 is 5.17. The summed E-state index contributed by atoms with van der Waals surface area (Å²) in [5.74, 6) is 0.966. The van der Waals surface area contributed by atoms with Gasteiger partial charge in [-0.05, 0) is 52.1 Å². The van der Waals surface area contributed by atoms with Gasteiger partial charge < -0.3 is 20.3 Å². The Hall–Kier alpha value is -1.63. The number of benzene rings is 1. The van der Waals surface area contributed by atoms with Gasteiger partial charge in [-0.2, -0.15) is 0 Å². The van der Waals surface area contributed by atoms with E-state index in [1.807, 2.05) is 0 Å². The number of hydrogen-bond donors (Lipinski definition) is 2. The maximum Gasteiger partial charge on any atom is 0.191 e. The maximum atomic E-state index is 5.17. The molecule has 6 nitrogen and oxygen atoms in total. The zero-order valence-corrected chi connectivity index (χ0v) is 19.6. The number of likely N-dealkylation sites (tertiary alicyclic amines) is 1. The fourth-order valence-electron chi connectivity index (χ4n) is 3.86. The van der Waals surface area contributed by atoms with Gasteiger partial charge >= 0.3 is 0 Å². The SMILES string of the molecule is CCNC(=NCCC(C)N(C)Cc1ccccc1)NC1CCN(CCCOC)CC1. The highest BCUT2D eigenvalue weighted by Gasteiger charge is 2.19. The summed E-state index contributed by atoms with van der Waals surface area (Å²) in [6, 6.07) is 11.7. The van der Waals surface area contributed by atoms with Crippen LogP contribution in [0.1, 0.15) is 45.1 Å². The second-order valence-corrected chi connectivity index (χ2v) is 8.41. The molecule has 0 radical (unpaired) electrons. The van der Waals surface area contributed by atoms with Crippen LogP contribution in [0.5, 0.6) is 0 Å². The van der Waals surface area contributed by atoms with Gasteiger partial charge in [-0.25, -0.2) is 0 Å². The molecule has 1 heterocycles. The van der Waals surface area contributed by atoms with E-state index in [0.29, 0.717) is 12.1 Å². The molecule has 0 saturated carbocycles. The summed E-state index contributed by atoms with van der Waals surface area (Å²) in [5.41, 5.74) is 1.36. The number of guanidine groups is 1. The van der Waals surface area contributed by atoms with Crippen LogP contribution in [-0.2, 0) is 11.3 Å². The van der Waals surface area contributed by atoms with Crippen LogP contribution in [0.3, 0.4) is 0 Å². The van der Waals surface area contributed by atoms with Crippen LogP contribution in [0.25, 0.3) is 0 Å². The fourth-order valence-corrected chi connectivity index (χ4v) is 3.86. The van der Waals surface area contributed by atoms with Gasteiger partial charge in [0.05, 0.1) is 0 Å².